The second kappa shape index (κ2) is 7.08. The van der Waals surface area contributed by atoms with Crippen LogP contribution in [-0.2, 0) is 11.3 Å². The first-order chi connectivity index (χ1) is 9.24. The lowest BCUT2D eigenvalue weighted by Crippen LogP contribution is -2.40. The third kappa shape index (κ3) is 3.81. The zero-order valence-electron chi connectivity index (χ0n) is 11.7. The van der Waals surface area contributed by atoms with Crippen LogP contribution in [0.25, 0.3) is 0 Å². The van der Waals surface area contributed by atoms with Crippen molar-refractivity contribution in [2.24, 2.45) is 0 Å². The average molecular weight is 284 g/mol. The number of nitrogens with one attached hydrogen (secondary N) is 1. The Kier molecular flexibility index (Phi) is 5.43. The second-order valence-corrected chi connectivity index (χ2v) is 5.25. The normalized spacial score (nSPS) is 19.7. The van der Waals surface area contributed by atoms with E-state index in [0.717, 1.165) is 55.5 Å². The standard InChI is InChI=1S/C14H22ClN3O/c1-3-19-12-5-4-6-18(10-12)14-13(15)7-11(8-16-2)9-17-14/h7,9,12,16H,3-6,8,10H2,1-2H3. The highest BCUT2D eigenvalue weighted by molar-refractivity contribution is 6.33. The van der Waals surface area contributed by atoms with Gasteiger partial charge in [0.2, 0.25) is 0 Å². The smallest absolute Gasteiger partial charge is 0.147 e. The van der Waals surface area contributed by atoms with E-state index in [9.17, 15) is 0 Å². The van der Waals surface area contributed by atoms with E-state index in [0.29, 0.717) is 6.10 Å². The second-order valence-electron chi connectivity index (χ2n) is 4.84. The maximum Gasteiger partial charge on any atom is 0.147 e. The van der Waals surface area contributed by atoms with Crippen molar-refractivity contribution in [3.63, 3.8) is 0 Å². The number of rotatable bonds is 5. The van der Waals surface area contributed by atoms with Crippen LogP contribution in [0.1, 0.15) is 25.3 Å². The van der Waals surface area contributed by atoms with Crippen molar-refractivity contribution in [3.05, 3.63) is 22.8 Å². The van der Waals surface area contributed by atoms with Crippen LogP contribution in [0.5, 0.6) is 0 Å². The fraction of sp³-hybridized carbons (Fsp3) is 0.643. The lowest BCUT2D eigenvalue weighted by Gasteiger charge is -2.33. The first-order valence-electron chi connectivity index (χ1n) is 6.90. The number of piperidine rings is 1. The third-order valence-corrected chi connectivity index (χ3v) is 3.62. The molecule has 1 aliphatic heterocycles. The molecular formula is C14H22ClN3O. The van der Waals surface area contributed by atoms with Crippen molar-refractivity contribution in [1.29, 1.82) is 0 Å². The molecule has 4 nitrogen and oxygen atoms in total. The number of anilines is 1. The monoisotopic (exact) mass is 283 g/mol. The summed E-state index contributed by atoms with van der Waals surface area (Å²) in [6.45, 7) is 5.47. The molecule has 1 saturated heterocycles. The van der Waals surface area contributed by atoms with Gasteiger partial charge in [0, 0.05) is 32.4 Å². The predicted molar refractivity (Wildman–Crippen MR) is 78.9 cm³/mol. The molecule has 0 spiro atoms. The molecule has 1 aliphatic rings. The van der Waals surface area contributed by atoms with Gasteiger partial charge in [-0.3, -0.25) is 0 Å². The van der Waals surface area contributed by atoms with Gasteiger partial charge < -0.3 is 15.0 Å². The van der Waals surface area contributed by atoms with Crippen LogP contribution in [0, 0.1) is 0 Å². The van der Waals surface area contributed by atoms with Crippen molar-refractivity contribution in [2.75, 3.05) is 31.6 Å². The minimum Gasteiger partial charge on any atom is -0.377 e. The molecule has 1 atom stereocenters. The molecule has 0 bridgehead atoms. The number of nitrogens with zero attached hydrogens (tertiary/aromatic N) is 2. The van der Waals surface area contributed by atoms with E-state index in [2.05, 4.69) is 15.2 Å². The molecule has 19 heavy (non-hydrogen) atoms. The van der Waals surface area contributed by atoms with Crippen molar-refractivity contribution >= 4 is 17.4 Å². The van der Waals surface area contributed by atoms with Gasteiger partial charge in [-0.25, -0.2) is 4.98 Å². The summed E-state index contributed by atoms with van der Waals surface area (Å²) in [7, 11) is 1.92. The fourth-order valence-corrected chi connectivity index (χ4v) is 2.81. The SMILES string of the molecule is CCOC1CCCN(c2ncc(CNC)cc2Cl)C1. The highest BCUT2D eigenvalue weighted by Crippen LogP contribution is 2.27. The summed E-state index contributed by atoms with van der Waals surface area (Å²) in [5.41, 5.74) is 1.11. The number of ether oxygens (including phenoxy) is 1. The summed E-state index contributed by atoms with van der Waals surface area (Å²) < 4.78 is 5.71. The van der Waals surface area contributed by atoms with Crippen LogP contribution in [0.4, 0.5) is 5.82 Å². The van der Waals surface area contributed by atoms with Gasteiger partial charge >= 0.3 is 0 Å². The first-order valence-corrected chi connectivity index (χ1v) is 7.28. The molecule has 0 saturated carbocycles. The van der Waals surface area contributed by atoms with Gasteiger partial charge in [-0.05, 0) is 38.4 Å². The fourth-order valence-electron chi connectivity index (χ4n) is 2.51. The summed E-state index contributed by atoms with van der Waals surface area (Å²) in [5.74, 6) is 0.880. The van der Waals surface area contributed by atoms with E-state index < -0.39 is 0 Å². The minimum atomic E-state index is 0.300. The molecule has 1 aromatic rings. The van der Waals surface area contributed by atoms with Gasteiger partial charge in [0.25, 0.3) is 0 Å². The topological polar surface area (TPSA) is 37.4 Å². The van der Waals surface area contributed by atoms with Crippen LogP contribution in [-0.4, -0.2) is 37.8 Å². The molecule has 0 aliphatic carbocycles. The molecule has 0 aromatic carbocycles. The Labute approximate surface area is 120 Å². The van der Waals surface area contributed by atoms with E-state index >= 15 is 0 Å². The average Bonchev–Trinajstić information content (AvgIpc) is 2.40. The number of hydrogen-bond acceptors (Lipinski definition) is 4. The van der Waals surface area contributed by atoms with Crippen molar-refractivity contribution < 1.29 is 4.74 Å². The molecule has 1 N–H and O–H groups in total. The molecule has 1 fully saturated rings. The van der Waals surface area contributed by atoms with Crippen LogP contribution < -0.4 is 10.2 Å². The van der Waals surface area contributed by atoms with Crippen LogP contribution in [0.3, 0.4) is 0 Å². The maximum atomic E-state index is 6.35. The van der Waals surface area contributed by atoms with Gasteiger partial charge in [-0.1, -0.05) is 11.6 Å². The first kappa shape index (κ1) is 14.6. The van der Waals surface area contributed by atoms with Gasteiger partial charge in [0.1, 0.15) is 5.82 Å². The molecule has 1 unspecified atom stereocenters. The summed E-state index contributed by atoms with van der Waals surface area (Å²) >= 11 is 6.35. The highest BCUT2D eigenvalue weighted by Gasteiger charge is 2.22. The Morgan fingerprint density at radius 3 is 3.11 bits per heavy atom. The van der Waals surface area contributed by atoms with E-state index in [-0.39, 0.29) is 0 Å². The van der Waals surface area contributed by atoms with Gasteiger partial charge in [0.15, 0.2) is 0 Å². The summed E-state index contributed by atoms with van der Waals surface area (Å²) in [6.07, 6.45) is 4.44. The molecule has 2 rings (SSSR count). The van der Waals surface area contributed by atoms with Crippen molar-refractivity contribution in [2.45, 2.75) is 32.4 Å². The van der Waals surface area contributed by atoms with Crippen LogP contribution in [0.15, 0.2) is 12.3 Å². The summed E-state index contributed by atoms with van der Waals surface area (Å²) in [4.78, 5) is 6.74. The molecule has 0 amide bonds. The lowest BCUT2D eigenvalue weighted by molar-refractivity contribution is 0.0525. The maximum absolute atomic E-state index is 6.35. The highest BCUT2D eigenvalue weighted by atomic mass is 35.5. The Morgan fingerprint density at radius 2 is 2.42 bits per heavy atom. The van der Waals surface area contributed by atoms with Crippen LogP contribution >= 0.6 is 11.6 Å². The zero-order chi connectivity index (χ0) is 13.7. The zero-order valence-corrected chi connectivity index (χ0v) is 12.4. The molecule has 1 aromatic heterocycles. The van der Waals surface area contributed by atoms with Crippen molar-refractivity contribution in [3.8, 4) is 0 Å². The Balaban J connectivity index is 2.08. The molecular weight excluding hydrogens is 262 g/mol. The number of hydrogen-bond donors (Lipinski definition) is 1. The molecule has 0 radical (unpaired) electrons. The van der Waals surface area contributed by atoms with Crippen LogP contribution in [0.2, 0.25) is 5.02 Å². The number of pyridine rings is 1. The van der Waals surface area contributed by atoms with Gasteiger partial charge in [-0.2, -0.15) is 0 Å². The van der Waals surface area contributed by atoms with E-state index in [1.54, 1.807) is 0 Å². The van der Waals surface area contributed by atoms with E-state index in [4.69, 9.17) is 16.3 Å². The van der Waals surface area contributed by atoms with Gasteiger partial charge in [0.05, 0.1) is 11.1 Å². The quantitative estimate of drug-likeness (QED) is 0.901. The Morgan fingerprint density at radius 1 is 1.58 bits per heavy atom. The van der Waals surface area contributed by atoms with Crippen molar-refractivity contribution in [1.82, 2.24) is 10.3 Å². The Bertz CT molecular complexity index is 412. The largest absolute Gasteiger partial charge is 0.377 e. The molecule has 106 valence electrons. The summed E-state index contributed by atoms with van der Waals surface area (Å²) in [5, 5.41) is 3.83. The number of aromatic nitrogens is 1. The van der Waals surface area contributed by atoms with E-state index in [1.165, 1.54) is 0 Å². The Hall–Kier alpha value is -0.840. The van der Waals surface area contributed by atoms with Gasteiger partial charge in [-0.15, -0.1) is 0 Å². The molecule has 2 heterocycles. The van der Waals surface area contributed by atoms with E-state index in [1.807, 2.05) is 26.2 Å². The minimum absolute atomic E-state index is 0.300. The predicted octanol–water partition coefficient (Wildman–Crippen LogP) is 2.46. The number of halogens is 1. The molecule has 5 heteroatoms. The third-order valence-electron chi connectivity index (χ3n) is 3.34. The summed E-state index contributed by atoms with van der Waals surface area (Å²) in [6, 6.07) is 1.99. The lowest BCUT2D eigenvalue weighted by atomic mass is 10.1.